The Kier molecular flexibility index (Phi) is 5.87. The molecule has 0 saturated heterocycles. The van der Waals surface area contributed by atoms with Crippen molar-refractivity contribution in [1.29, 1.82) is 0 Å². The molecule has 0 fully saturated rings. The van der Waals surface area contributed by atoms with E-state index in [1.54, 1.807) is 19.2 Å². The van der Waals surface area contributed by atoms with Gasteiger partial charge in [0.25, 0.3) is 0 Å². The first-order chi connectivity index (χ1) is 13.0. The Morgan fingerprint density at radius 1 is 0.852 bits per heavy atom. The van der Waals surface area contributed by atoms with E-state index >= 15 is 0 Å². The highest BCUT2D eigenvalue weighted by Gasteiger charge is 2.18. The molecule has 0 aliphatic heterocycles. The summed E-state index contributed by atoms with van der Waals surface area (Å²) in [7, 11) is 1.68. The number of rotatable bonds is 5. The standard InChI is InChI=1S/C23H20BrNO2/c1-16-7-9-17(10-8-16)18-11-13-19(14-12-18)23(27)20-5-3-4-6-21(20)25(2)22(26)15-24/h3-14H,15H2,1-2H3. The molecular formula is C23H20BrNO2. The maximum atomic E-state index is 13.0. The predicted octanol–water partition coefficient (Wildman–Crippen LogP) is 5.25. The SMILES string of the molecule is Cc1ccc(-c2ccc(C(=O)c3ccccc3N(C)C(=O)CBr)cc2)cc1. The van der Waals surface area contributed by atoms with E-state index in [0.717, 1.165) is 11.1 Å². The lowest BCUT2D eigenvalue weighted by Gasteiger charge is -2.19. The van der Waals surface area contributed by atoms with E-state index in [4.69, 9.17) is 0 Å². The van der Waals surface area contributed by atoms with Gasteiger partial charge >= 0.3 is 0 Å². The summed E-state index contributed by atoms with van der Waals surface area (Å²) >= 11 is 3.18. The van der Waals surface area contributed by atoms with Crippen LogP contribution in [0.5, 0.6) is 0 Å². The fourth-order valence-corrected chi connectivity index (χ4v) is 3.27. The smallest absolute Gasteiger partial charge is 0.237 e. The molecule has 0 atom stereocenters. The number of ketones is 1. The topological polar surface area (TPSA) is 37.4 Å². The summed E-state index contributed by atoms with van der Waals surface area (Å²) in [5, 5.41) is 0.206. The van der Waals surface area contributed by atoms with Gasteiger partial charge in [0.05, 0.1) is 11.0 Å². The van der Waals surface area contributed by atoms with Gasteiger partial charge in [-0.05, 0) is 30.2 Å². The van der Waals surface area contributed by atoms with Crippen LogP contribution in [0.1, 0.15) is 21.5 Å². The Morgan fingerprint density at radius 2 is 1.41 bits per heavy atom. The number of para-hydroxylation sites is 1. The van der Waals surface area contributed by atoms with Gasteiger partial charge in [-0.25, -0.2) is 0 Å². The average molecular weight is 422 g/mol. The highest BCUT2D eigenvalue weighted by atomic mass is 79.9. The summed E-state index contributed by atoms with van der Waals surface area (Å²) in [5.74, 6) is -0.208. The zero-order chi connectivity index (χ0) is 19.4. The van der Waals surface area contributed by atoms with Crippen molar-refractivity contribution in [2.24, 2.45) is 0 Å². The number of carbonyl (C=O) groups excluding carboxylic acids is 2. The van der Waals surface area contributed by atoms with Gasteiger partial charge in [0.1, 0.15) is 0 Å². The van der Waals surface area contributed by atoms with E-state index in [0.29, 0.717) is 16.8 Å². The van der Waals surface area contributed by atoms with Gasteiger partial charge in [-0.3, -0.25) is 9.59 Å². The molecule has 0 aliphatic carbocycles. The molecule has 0 unspecified atom stereocenters. The van der Waals surface area contributed by atoms with E-state index in [-0.39, 0.29) is 17.0 Å². The lowest BCUT2D eigenvalue weighted by Crippen LogP contribution is -2.28. The van der Waals surface area contributed by atoms with Crippen LogP contribution in [0.4, 0.5) is 5.69 Å². The number of amides is 1. The quantitative estimate of drug-likeness (QED) is 0.416. The molecule has 4 heteroatoms. The van der Waals surface area contributed by atoms with Gasteiger partial charge in [-0.15, -0.1) is 0 Å². The Labute approximate surface area is 167 Å². The molecule has 136 valence electrons. The van der Waals surface area contributed by atoms with Gasteiger partial charge in [-0.2, -0.15) is 0 Å². The van der Waals surface area contributed by atoms with E-state index < -0.39 is 0 Å². The van der Waals surface area contributed by atoms with E-state index in [1.807, 2.05) is 36.4 Å². The Hall–Kier alpha value is -2.72. The van der Waals surface area contributed by atoms with Gasteiger partial charge in [-0.1, -0.05) is 82.2 Å². The molecule has 27 heavy (non-hydrogen) atoms. The number of alkyl halides is 1. The Bertz CT molecular complexity index is 962. The second-order valence-electron chi connectivity index (χ2n) is 6.38. The number of hydrogen-bond donors (Lipinski definition) is 0. The normalized spacial score (nSPS) is 10.5. The van der Waals surface area contributed by atoms with Crippen molar-refractivity contribution in [2.45, 2.75) is 6.92 Å². The maximum absolute atomic E-state index is 13.0. The number of hydrogen-bond acceptors (Lipinski definition) is 2. The van der Waals surface area contributed by atoms with Crippen LogP contribution in [0.25, 0.3) is 11.1 Å². The van der Waals surface area contributed by atoms with Crippen molar-refractivity contribution in [3.63, 3.8) is 0 Å². The molecule has 0 aliphatic rings. The first-order valence-corrected chi connectivity index (χ1v) is 9.77. The second kappa shape index (κ2) is 8.31. The second-order valence-corrected chi connectivity index (χ2v) is 6.94. The number of benzene rings is 3. The van der Waals surface area contributed by atoms with Crippen LogP contribution in [0, 0.1) is 6.92 Å². The fourth-order valence-electron chi connectivity index (χ4n) is 2.90. The molecule has 1 amide bonds. The molecule has 3 rings (SSSR count). The molecular weight excluding hydrogens is 402 g/mol. The van der Waals surface area contributed by atoms with E-state index in [1.165, 1.54) is 10.5 Å². The van der Waals surface area contributed by atoms with Crippen LogP contribution in [-0.4, -0.2) is 24.1 Å². The largest absolute Gasteiger partial charge is 0.314 e. The fraction of sp³-hybridized carbons (Fsp3) is 0.130. The molecule has 3 aromatic rings. The van der Waals surface area contributed by atoms with Crippen molar-refractivity contribution in [1.82, 2.24) is 0 Å². The summed E-state index contributed by atoms with van der Waals surface area (Å²) < 4.78 is 0. The first-order valence-electron chi connectivity index (χ1n) is 8.64. The van der Waals surface area contributed by atoms with Crippen molar-refractivity contribution >= 4 is 33.3 Å². The van der Waals surface area contributed by atoms with Crippen LogP contribution in [0.2, 0.25) is 0 Å². The Balaban J connectivity index is 1.91. The number of nitrogens with zero attached hydrogens (tertiary/aromatic N) is 1. The lowest BCUT2D eigenvalue weighted by atomic mass is 9.98. The number of halogens is 1. The summed E-state index contributed by atoms with van der Waals surface area (Å²) in [6.07, 6.45) is 0. The van der Waals surface area contributed by atoms with Gasteiger partial charge in [0.2, 0.25) is 5.91 Å². The predicted molar refractivity (Wildman–Crippen MR) is 114 cm³/mol. The monoisotopic (exact) mass is 421 g/mol. The van der Waals surface area contributed by atoms with E-state index in [2.05, 4.69) is 47.1 Å². The molecule has 0 spiro atoms. The zero-order valence-electron chi connectivity index (χ0n) is 15.3. The molecule has 3 aromatic carbocycles. The first kappa shape index (κ1) is 19.1. The lowest BCUT2D eigenvalue weighted by molar-refractivity contribution is -0.115. The molecule has 0 radical (unpaired) electrons. The zero-order valence-corrected chi connectivity index (χ0v) is 16.9. The molecule has 3 nitrogen and oxygen atoms in total. The number of carbonyl (C=O) groups is 2. The van der Waals surface area contributed by atoms with Gasteiger partial charge in [0.15, 0.2) is 5.78 Å². The molecule has 0 aromatic heterocycles. The van der Waals surface area contributed by atoms with Crippen LogP contribution in [0.3, 0.4) is 0 Å². The van der Waals surface area contributed by atoms with Crippen LogP contribution in [-0.2, 0) is 4.79 Å². The summed E-state index contributed by atoms with van der Waals surface area (Å²) in [6, 6.07) is 23.0. The molecule has 0 N–H and O–H groups in total. The van der Waals surface area contributed by atoms with Crippen LogP contribution < -0.4 is 4.90 Å². The molecule has 0 saturated carbocycles. The minimum Gasteiger partial charge on any atom is -0.314 e. The van der Waals surface area contributed by atoms with Crippen LogP contribution >= 0.6 is 15.9 Å². The average Bonchev–Trinajstić information content (AvgIpc) is 2.73. The minimum atomic E-state index is -0.107. The summed E-state index contributed by atoms with van der Waals surface area (Å²) in [4.78, 5) is 26.5. The maximum Gasteiger partial charge on any atom is 0.237 e. The number of aryl methyl sites for hydroxylation is 1. The minimum absolute atomic E-state index is 0.102. The third-order valence-corrected chi connectivity index (χ3v) is 5.01. The summed E-state index contributed by atoms with van der Waals surface area (Å²) in [5.41, 5.74) is 5.10. The van der Waals surface area contributed by atoms with Crippen molar-refractivity contribution in [3.8, 4) is 11.1 Å². The Morgan fingerprint density at radius 3 is 2.00 bits per heavy atom. The molecule has 0 heterocycles. The third kappa shape index (κ3) is 4.17. The van der Waals surface area contributed by atoms with Gasteiger partial charge < -0.3 is 4.90 Å². The molecule has 0 bridgehead atoms. The number of anilines is 1. The third-order valence-electron chi connectivity index (χ3n) is 4.53. The van der Waals surface area contributed by atoms with Crippen molar-refractivity contribution < 1.29 is 9.59 Å². The van der Waals surface area contributed by atoms with Crippen molar-refractivity contribution in [2.75, 3.05) is 17.3 Å². The van der Waals surface area contributed by atoms with Crippen molar-refractivity contribution in [3.05, 3.63) is 89.5 Å². The van der Waals surface area contributed by atoms with E-state index in [9.17, 15) is 9.59 Å². The van der Waals surface area contributed by atoms with Gasteiger partial charge in [0, 0.05) is 18.2 Å². The summed E-state index contributed by atoms with van der Waals surface area (Å²) in [6.45, 7) is 2.06. The van der Waals surface area contributed by atoms with Crippen LogP contribution in [0.15, 0.2) is 72.8 Å². The highest BCUT2D eigenvalue weighted by Crippen LogP contribution is 2.25. The highest BCUT2D eigenvalue weighted by molar-refractivity contribution is 9.09.